The molecule has 2 amide bonds. The van der Waals surface area contributed by atoms with E-state index in [0.29, 0.717) is 16.8 Å². The average molecular weight is 347 g/mol. The van der Waals surface area contributed by atoms with Crippen LogP contribution in [0.5, 0.6) is 0 Å². The van der Waals surface area contributed by atoms with Crippen molar-refractivity contribution in [3.8, 4) is 11.3 Å². The van der Waals surface area contributed by atoms with Gasteiger partial charge in [0, 0.05) is 24.1 Å². The van der Waals surface area contributed by atoms with E-state index in [1.165, 1.54) is 4.90 Å². The van der Waals surface area contributed by atoms with E-state index in [4.69, 9.17) is 0 Å². The Bertz CT molecular complexity index is 984. The number of hydrogen-bond donors (Lipinski definition) is 0. The number of aromatic nitrogens is 2. The smallest absolute Gasteiger partial charge is 0.266 e. The molecule has 0 fully saturated rings. The van der Waals surface area contributed by atoms with Crippen LogP contribution in [-0.2, 0) is 6.54 Å². The number of imide groups is 1. The number of benzene rings is 2. The minimum atomic E-state index is -0.277. The van der Waals surface area contributed by atoms with E-state index in [9.17, 15) is 9.59 Å². The van der Waals surface area contributed by atoms with E-state index in [1.807, 2.05) is 24.4 Å². The Hall–Kier alpha value is -2.86. The number of rotatable bonds is 2. The molecule has 122 valence electrons. The molecule has 0 spiro atoms. The molecule has 0 saturated heterocycles. The van der Waals surface area contributed by atoms with Crippen molar-refractivity contribution in [2.24, 2.45) is 0 Å². The number of carbonyl (C=O) groups is 2. The van der Waals surface area contributed by atoms with E-state index in [1.54, 1.807) is 42.1 Å². The first-order valence-corrected chi connectivity index (χ1v) is 8.99. The molecule has 2 aliphatic heterocycles. The molecule has 0 N–H and O–H groups in total. The summed E-state index contributed by atoms with van der Waals surface area (Å²) >= 11 is 1.74. The lowest BCUT2D eigenvalue weighted by Crippen LogP contribution is -2.29. The summed E-state index contributed by atoms with van der Waals surface area (Å²) in [5.74, 6) is 0.499. The minimum absolute atomic E-state index is 0.277. The number of anilines is 1. The van der Waals surface area contributed by atoms with Gasteiger partial charge in [0.05, 0.1) is 22.5 Å². The van der Waals surface area contributed by atoms with Crippen molar-refractivity contribution in [1.29, 1.82) is 0 Å². The molecule has 25 heavy (non-hydrogen) atoms. The number of carbonyl (C=O) groups excluding carboxylic acids is 2. The lowest BCUT2D eigenvalue weighted by atomic mass is 10.1. The number of thioether (sulfide) groups is 1. The fourth-order valence-electron chi connectivity index (χ4n) is 3.28. The van der Waals surface area contributed by atoms with Crippen molar-refractivity contribution >= 4 is 29.3 Å². The Kier molecular flexibility index (Phi) is 3.08. The van der Waals surface area contributed by atoms with Gasteiger partial charge in [-0.3, -0.25) is 9.59 Å². The maximum Gasteiger partial charge on any atom is 0.266 e. The van der Waals surface area contributed by atoms with Gasteiger partial charge in [-0.1, -0.05) is 36.0 Å². The molecule has 0 aliphatic carbocycles. The zero-order valence-corrected chi connectivity index (χ0v) is 14.0. The van der Waals surface area contributed by atoms with E-state index < -0.39 is 0 Å². The van der Waals surface area contributed by atoms with Crippen LogP contribution in [-0.4, -0.2) is 27.1 Å². The summed E-state index contributed by atoms with van der Waals surface area (Å²) in [6.45, 7) is 0.963. The molecule has 0 radical (unpaired) electrons. The number of nitrogens with zero attached hydrogens (tertiary/aromatic N) is 3. The van der Waals surface area contributed by atoms with Gasteiger partial charge in [0.1, 0.15) is 0 Å². The molecule has 5 rings (SSSR count). The zero-order valence-electron chi connectivity index (χ0n) is 13.2. The maximum atomic E-state index is 12.7. The van der Waals surface area contributed by atoms with Gasteiger partial charge >= 0.3 is 0 Å². The molecule has 3 aromatic rings. The van der Waals surface area contributed by atoms with Crippen LogP contribution in [0.15, 0.2) is 59.9 Å². The van der Waals surface area contributed by atoms with Crippen molar-refractivity contribution in [2.75, 3.05) is 10.7 Å². The SMILES string of the molecule is O=C1c2ccccc2C(=O)N1c1cccc(-c2cn3c(n2)SCC3)c1. The summed E-state index contributed by atoms with van der Waals surface area (Å²) in [6.07, 6.45) is 2.02. The summed E-state index contributed by atoms with van der Waals surface area (Å²) in [6, 6.07) is 14.4. The van der Waals surface area contributed by atoms with Gasteiger partial charge in [-0.25, -0.2) is 9.88 Å². The highest BCUT2D eigenvalue weighted by atomic mass is 32.2. The third-order valence-electron chi connectivity index (χ3n) is 4.50. The Balaban J connectivity index is 1.55. The minimum Gasteiger partial charge on any atom is -0.325 e. The van der Waals surface area contributed by atoms with E-state index in [2.05, 4.69) is 9.55 Å². The monoisotopic (exact) mass is 347 g/mol. The Morgan fingerprint density at radius 2 is 1.72 bits per heavy atom. The third-order valence-corrected chi connectivity index (χ3v) is 5.47. The van der Waals surface area contributed by atoms with Crippen LogP contribution in [0.1, 0.15) is 20.7 Å². The number of imidazole rings is 1. The van der Waals surface area contributed by atoms with Crippen molar-refractivity contribution in [3.05, 3.63) is 65.9 Å². The molecule has 6 heteroatoms. The van der Waals surface area contributed by atoms with Gasteiger partial charge in [-0.2, -0.15) is 0 Å². The summed E-state index contributed by atoms with van der Waals surface area (Å²) in [5.41, 5.74) is 3.24. The fourth-order valence-corrected chi connectivity index (χ4v) is 4.22. The second kappa shape index (κ2) is 5.32. The molecule has 0 atom stereocenters. The lowest BCUT2D eigenvalue weighted by Gasteiger charge is -2.14. The molecule has 0 saturated carbocycles. The largest absolute Gasteiger partial charge is 0.325 e. The second-order valence-electron chi connectivity index (χ2n) is 5.99. The maximum absolute atomic E-state index is 12.7. The zero-order chi connectivity index (χ0) is 17.0. The Morgan fingerprint density at radius 3 is 2.44 bits per heavy atom. The topological polar surface area (TPSA) is 55.2 Å². The average Bonchev–Trinajstić information content (AvgIpc) is 3.29. The number of aryl methyl sites for hydroxylation is 1. The Morgan fingerprint density at radius 1 is 0.960 bits per heavy atom. The predicted molar refractivity (Wildman–Crippen MR) is 96.0 cm³/mol. The standard InChI is InChI=1S/C19H13N3O2S/c23-17-14-6-1-2-7-15(14)18(24)22(17)13-5-3-4-12(10-13)16-11-21-8-9-25-19(21)20-16/h1-7,10-11H,8-9H2. The first-order valence-electron chi connectivity index (χ1n) is 8.00. The number of amides is 2. The molecular formula is C19H13N3O2S. The third kappa shape index (κ3) is 2.14. The van der Waals surface area contributed by atoms with Crippen LogP contribution >= 0.6 is 11.8 Å². The summed E-state index contributed by atoms with van der Waals surface area (Å²) in [7, 11) is 0. The molecule has 5 nitrogen and oxygen atoms in total. The van der Waals surface area contributed by atoms with Crippen LogP contribution in [0, 0.1) is 0 Å². The van der Waals surface area contributed by atoms with Crippen molar-refractivity contribution in [2.45, 2.75) is 11.7 Å². The van der Waals surface area contributed by atoms with Crippen LogP contribution in [0.25, 0.3) is 11.3 Å². The molecule has 3 heterocycles. The van der Waals surface area contributed by atoms with Crippen molar-refractivity contribution in [3.63, 3.8) is 0 Å². The predicted octanol–water partition coefficient (Wildman–Crippen LogP) is 3.46. The quantitative estimate of drug-likeness (QED) is 0.666. The summed E-state index contributed by atoms with van der Waals surface area (Å²) < 4.78 is 2.13. The van der Waals surface area contributed by atoms with Crippen molar-refractivity contribution < 1.29 is 9.59 Å². The van der Waals surface area contributed by atoms with E-state index in [-0.39, 0.29) is 11.8 Å². The molecule has 0 unspecified atom stereocenters. The highest BCUT2D eigenvalue weighted by Crippen LogP contribution is 2.33. The molecule has 2 aromatic carbocycles. The normalized spacial score (nSPS) is 15.6. The second-order valence-corrected chi connectivity index (χ2v) is 7.05. The molecule has 1 aromatic heterocycles. The summed E-state index contributed by atoms with van der Waals surface area (Å²) in [4.78, 5) is 31.2. The van der Waals surface area contributed by atoms with Gasteiger partial charge in [-0.05, 0) is 24.3 Å². The van der Waals surface area contributed by atoms with Gasteiger partial charge in [0.15, 0.2) is 5.16 Å². The summed E-state index contributed by atoms with van der Waals surface area (Å²) in [5, 5.41) is 1.01. The van der Waals surface area contributed by atoms with E-state index in [0.717, 1.165) is 28.7 Å². The van der Waals surface area contributed by atoms with E-state index >= 15 is 0 Å². The van der Waals surface area contributed by atoms with Gasteiger partial charge in [0.2, 0.25) is 0 Å². The molecule has 0 bridgehead atoms. The Labute approximate surface area is 148 Å². The van der Waals surface area contributed by atoms with Gasteiger partial charge in [-0.15, -0.1) is 0 Å². The molecular weight excluding hydrogens is 334 g/mol. The highest BCUT2D eigenvalue weighted by Gasteiger charge is 2.36. The first kappa shape index (κ1) is 14.5. The lowest BCUT2D eigenvalue weighted by molar-refractivity contribution is 0.0926. The number of fused-ring (bicyclic) bond motifs is 2. The highest BCUT2D eigenvalue weighted by molar-refractivity contribution is 7.99. The van der Waals surface area contributed by atoms with Gasteiger partial charge < -0.3 is 4.57 Å². The number of hydrogen-bond acceptors (Lipinski definition) is 4. The fraction of sp³-hybridized carbons (Fsp3) is 0.105. The van der Waals surface area contributed by atoms with Gasteiger partial charge in [0.25, 0.3) is 11.8 Å². The first-order chi connectivity index (χ1) is 12.2. The van der Waals surface area contributed by atoms with Crippen LogP contribution in [0.4, 0.5) is 5.69 Å². The van der Waals surface area contributed by atoms with Crippen molar-refractivity contribution in [1.82, 2.24) is 9.55 Å². The van der Waals surface area contributed by atoms with Crippen LogP contribution in [0.2, 0.25) is 0 Å². The molecule has 2 aliphatic rings. The van der Waals surface area contributed by atoms with Crippen LogP contribution < -0.4 is 4.90 Å². The van der Waals surface area contributed by atoms with Crippen LogP contribution in [0.3, 0.4) is 0 Å².